The molecule has 26 heavy (non-hydrogen) atoms. The third kappa shape index (κ3) is 5.21. The van der Waals surface area contributed by atoms with Gasteiger partial charge in [-0.2, -0.15) is 0 Å². The largest absolute Gasteiger partial charge is 0.482 e. The summed E-state index contributed by atoms with van der Waals surface area (Å²) in [6.45, 7) is -0.787. The van der Waals surface area contributed by atoms with Gasteiger partial charge in [0.25, 0.3) is 5.91 Å². The number of hydrogen-bond donors (Lipinski definition) is 2. The van der Waals surface area contributed by atoms with E-state index in [0.717, 1.165) is 44.9 Å². The summed E-state index contributed by atoms with van der Waals surface area (Å²) in [5, 5.41) is 4.89. The summed E-state index contributed by atoms with van der Waals surface area (Å²) >= 11 is 0. The Morgan fingerprint density at radius 2 is 1.77 bits per heavy atom. The van der Waals surface area contributed by atoms with Crippen LogP contribution in [0.25, 0.3) is 0 Å². The highest BCUT2D eigenvalue weighted by Gasteiger charge is 2.19. The zero-order valence-corrected chi connectivity index (χ0v) is 14.7. The summed E-state index contributed by atoms with van der Waals surface area (Å²) in [7, 11) is 0. The minimum Gasteiger partial charge on any atom is -0.482 e. The Kier molecular flexibility index (Phi) is 6.09. The summed E-state index contributed by atoms with van der Waals surface area (Å²) in [5.74, 6) is -0.703. The van der Waals surface area contributed by atoms with E-state index in [1.54, 1.807) is 0 Å². The number of hydrogen-bond acceptors (Lipinski definition) is 5. The maximum absolute atomic E-state index is 11.7. The minimum absolute atomic E-state index is 0.117. The second-order valence-electron chi connectivity index (χ2n) is 6.74. The number of nitrogens with one attached hydrogen (secondary N) is 2. The quantitative estimate of drug-likeness (QED) is 0.756. The lowest BCUT2D eigenvalue weighted by Gasteiger charge is -2.12. The molecule has 1 aromatic carbocycles. The first kappa shape index (κ1) is 18.2. The molecule has 140 valence electrons. The third-order valence-electron chi connectivity index (χ3n) is 4.73. The molecule has 1 saturated carbocycles. The van der Waals surface area contributed by atoms with Crippen LogP contribution in [0, 0.1) is 0 Å². The number of esters is 1. The number of urea groups is 1. The molecule has 0 radical (unpaired) electrons. The van der Waals surface area contributed by atoms with Crippen LogP contribution in [0.2, 0.25) is 0 Å². The first-order valence-corrected chi connectivity index (χ1v) is 9.11. The molecule has 0 unspecified atom stereocenters. The number of aryl methyl sites for hydroxylation is 2. The lowest BCUT2D eigenvalue weighted by Crippen LogP contribution is -2.45. The van der Waals surface area contributed by atoms with Gasteiger partial charge in [0.1, 0.15) is 5.75 Å². The van der Waals surface area contributed by atoms with E-state index in [9.17, 15) is 14.4 Å². The van der Waals surface area contributed by atoms with Crippen molar-refractivity contribution in [3.05, 3.63) is 29.3 Å². The summed E-state index contributed by atoms with van der Waals surface area (Å²) in [6.07, 6.45) is 7.28. The van der Waals surface area contributed by atoms with Crippen molar-refractivity contribution in [2.75, 3.05) is 13.2 Å². The molecule has 1 aromatic rings. The smallest absolute Gasteiger partial charge is 0.344 e. The van der Waals surface area contributed by atoms with Gasteiger partial charge in [0.05, 0.1) is 0 Å². The number of amides is 3. The third-order valence-corrected chi connectivity index (χ3v) is 4.73. The lowest BCUT2D eigenvalue weighted by atomic mass is 10.1. The van der Waals surface area contributed by atoms with Crippen LogP contribution in [-0.2, 0) is 27.2 Å². The number of rotatable bonds is 6. The molecule has 0 atom stereocenters. The van der Waals surface area contributed by atoms with Gasteiger partial charge in [-0.25, -0.2) is 9.59 Å². The molecule has 0 bridgehead atoms. The molecule has 2 aliphatic rings. The van der Waals surface area contributed by atoms with E-state index in [1.165, 1.54) is 11.1 Å². The Bertz CT molecular complexity index is 683. The number of ether oxygens (including phenoxy) is 2. The highest BCUT2D eigenvalue weighted by molar-refractivity contribution is 5.95. The van der Waals surface area contributed by atoms with Gasteiger partial charge in [0.2, 0.25) is 0 Å². The van der Waals surface area contributed by atoms with Crippen LogP contribution < -0.4 is 15.4 Å². The highest BCUT2D eigenvalue weighted by atomic mass is 16.6. The topological polar surface area (TPSA) is 93.7 Å². The molecule has 1 fully saturated rings. The van der Waals surface area contributed by atoms with Gasteiger partial charge < -0.3 is 14.8 Å². The van der Waals surface area contributed by atoms with Gasteiger partial charge in [0, 0.05) is 6.04 Å². The van der Waals surface area contributed by atoms with Crippen LogP contribution in [0.15, 0.2) is 18.2 Å². The molecule has 0 aliphatic heterocycles. The van der Waals surface area contributed by atoms with Crippen molar-refractivity contribution in [2.45, 2.75) is 51.0 Å². The Hall–Kier alpha value is -2.57. The Morgan fingerprint density at radius 1 is 1.00 bits per heavy atom. The highest BCUT2D eigenvalue weighted by Crippen LogP contribution is 2.25. The zero-order valence-electron chi connectivity index (χ0n) is 14.7. The molecule has 3 amide bonds. The molecule has 2 N–H and O–H groups in total. The molecule has 0 spiro atoms. The van der Waals surface area contributed by atoms with Crippen LogP contribution in [0.5, 0.6) is 5.75 Å². The van der Waals surface area contributed by atoms with Crippen LogP contribution in [0.3, 0.4) is 0 Å². The zero-order chi connectivity index (χ0) is 18.4. The van der Waals surface area contributed by atoms with Crippen molar-refractivity contribution < 1.29 is 23.9 Å². The predicted molar refractivity (Wildman–Crippen MR) is 93.9 cm³/mol. The summed E-state index contributed by atoms with van der Waals surface area (Å²) < 4.78 is 10.2. The molecule has 3 rings (SSSR count). The van der Waals surface area contributed by atoms with Crippen molar-refractivity contribution in [1.29, 1.82) is 0 Å². The number of fused-ring (bicyclic) bond motifs is 1. The SMILES string of the molecule is O=C(COC(=O)COc1ccc2c(c1)CCC2)NC(=O)NC1CCCC1. The van der Waals surface area contributed by atoms with E-state index in [-0.39, 0.29) is 12.6 Å². The monoisotopic (exact) mass is 360 g/mol. The average Bonchev–Trinajstić information content (AvgIpc) is 3.29. The fourth-order valence-electron chi connectivity index (χ4n) is 3.42. The molecule has 0 saturated heterocycles. The van der Waals surface area contributed by atoms with E-state index < -0.39 is 24.5 Å². The van der Waals surface area contributed by atoms with Crippen molar-refractivity contribution in [2.24, 2.45) is 0 Å². The molecular weight excluding hydrogens is 336 g/mol. The van der Waals surface area contributed by atoms with Crippen LogP contribution in [-0.4, -0.2) is 37.2 Å². The number of carbonyl (C=O) groups excluding carboxylic acids is 3. The maximum atomic E-state index is 11.7. The normalized spacial score (nSPS) is 16.0. The first-order chi connectivity index (χ1) is 12.6. The standard InChI is InChI=1S/C19H24N2O5/c22-17(21-19(24)20-15-6-1-2-7-15)11-26-18(23)12-25-16-9-8-13-4-3-5-14(13)10-16/h8-10,15H,1-7,11-12H2,(H2,20,21,22,24). The Balaban J connectivity index is 1.33. The minimum atomic E-state index is -0.661. The fourth-order valence-corrected chi connectivity index (χ4v) is 3.42. The van der Waals surface area contributed by atoms with E-state index >= 15 is 0 Å². The number of benzene rings is 1. The van der Waals surface area contributed by atoms with Gasteiger partial charge >= 0.3 is 12.0 Å². The van der Waals surface area contributed by atoms with Crippen molar-refractivity contribution in [3.8, 4) is 5.75 Å². The molecular formula is C19H24N2O5. The van der Waals surface area contributed by atoms with Crippen LogP contribution in [0.1, 0.15) is 43.2 Å². The summed E-state index contributed by atoms with van der Waals surface area (Å²) in [4.78, 5) is 35.0. The van der Waals surface area contributed by atoms with Gasteiger partial charge in [-0.05, 0) is 55.4 Å². The van der Waals surface area contributed by atoms with Crippen molar-refractivity contribution in [1.82, 2.24) is 10.6 Å². The van der Waals surface area contributed by atoms with Gasteiger partial charge in [-0.15, -0.1) is 0 Å². The maximum Gasteiger partial charge on any atom is 0.344 e. The van der Waals surface area contributed by atoms with E-state index in [4.69, 9.17) is 9.47 Å². The molecule has 2 aliphatic carbocycles. The lowest BCUT2D eigenvalue weighted by molar-refractivity contribution is -0.150. The van der Waals surface area contributed by atoms with Gasteiger partial charge in [-0.3, -0.25) is 10.1 Å². The molecule has 7 heteroatoms. The Labute approximate surface area is 152 Å². The van der Waals surface area contributed by atoms with Crippen molar-refractivity contribution in [3.63, 3.8) is 0 Å². The fraction of sp³-hybridized carbons (Fsp3) is 0.526. The van der Waals surface area contributed by atoms with Gasteiger partial charge in [0.15, 0.2) is 13.2 Å². The predicted octanol–water partition coefficient (Wildman–Crippen LogP) is 1.87. The number of carbonyl (C=O) groups is 3. The van der Waals surface area contributed by atoms with E-state index in [1.807, 2.05) is 18.2 Å². The van der Waals surface area contributed by atoms with Crippen molar-refractivity contribution >= 4 is 17.9 Å². The number of imide groups is 1. The van der Waals surface area contributed by atoms with Crippen LogP contribution >= 0.6 is 0 Å². The average molecular weight is 360 g/mol. The van der Waals surface area contributed by atoms with Gasteiger partial charge in [-0.1, -0.05) is 18.9 Å². The molecule has 0 heterocycles. The second kappa shape index (κ2) is 8.69. The second-order valence-corrected chi connectivity index (χ2v) is 6.74. The van der Waals surface area contributed by atoms with E-state index in [2.05, 4.69) is 10.6 Å². The summed E-state index contributed by atoms with van der Waals surface area (Å²) in [5.41, 5.74) is 2.58. The Morgan fingerprint density at radius 3 is 2.58 bits per heavy atom. The van der Waals surface area contributed by atoms with Crippen LogP contribution in [0.4, 0.5) is 4.79 Å². The first-order valence-electron chi connectivity index (χ1n) is 9.11. The summed E-state index contributed by atoms with van der Waals surface area (Å²) in [6, 6.07) is 5.35. The molecule has 7 nitrogen and oxygen atoms in total. The molecule has 0 aromatic heterocycles. The van der Waals surface area contributed by atoms with E-state index in [0.29, 0.717) is 5.75 Å².